The van der Waals surface area contributed by atoms with Crippen LogP contribution in [0.3, 0.4) is 0 Å². The van der Waals surface area contributed by atoms with Gasteiger partial charge in [0.1, 0.15) is 0 Å². The number of hydrogen-bond acceptors (Lipinski definition) is 4. The van der Waals surface area contributed by atoms with Crippen LogP contribution >= 0.6 is 34.5 Å². The van der Waals surface area contributed by atoms with E-state index in [0.717, 1.165) is 23.3 Å². The molecular formula is C21H23Cl2NO3S. The van der Waals surface area contributed by atoms with E-state index in [1.54, 1.807) is 6.07 Å². The summed E-state index contributed by atoms with van der Waals surface area (Å²) in [6, 6.07) is 9.23. The van der Waals surface area contributed by atoms with Gasteiger partial charge < -0.3 is 10.1 Å². The minimum Gasteiger partial charge on any atom is -0.381 e. The molecule has 1 amide bonds. The van der Waals surface area contributed by atoms with Crippen LogP contribution < -0.4 is 5.32 Å². The van der Waals surface area contributed by atoms with Crippen molar-refractivity contribution in [2.24, 2.45) is 0 Å². The van der Waals surface area contributed by atoms with Crippen molar-refractivity contribution in [2.45, 2.75) is 38.0 Å². The van der Waals surface area contributed by atoms with Crippen LogP contribution in [0.1, 0.15) is 45.8 Å². The van der Waals surface area contributed by atoms with E-state index in [0.29, 0.717) is 34.7 Å². The molecule has 4 nitrogen and oxygen atoms in total. The summed E-state index contributed by atoms with van der Waals surface area (Å²) in [5.74, 6) is -0.118. The fourth-order valence-corrected chi connectivity index (χ4v) is 4.96. The molecule has 1 aromatic heterocycles. The second-order valence-corrected chi connectivity index (χ2v) is 9.26. The molecule has 0 bridgehead atoms. The Balaban J connectivity index is 1.62. The minimum atomic E-state index is -0.287. The topological polar surface area (TPSA) is 55.4 Å². The molecule has 0 atom stereocenters. The average molecular weight is 440 g/mol. The number of ether oxygens (including phenoxy) is 1. The molecule has 3 rings (SSSR count). The van der Waals surface area contributed by atoms with E-state index in [2.05, 4.69) is 5.32 Å². The van der Waals surface area contributed by atoms with Gasteiger partial charge >= 0.3 is 0 Å². The van der Waals surface area contributed by atoms with E-state index in [1.807, 2.05) is 31.2 Å². The van der Waals surface area contributed by atoms with Crippen molar-refractivity contribution in [1.82, 2.24) is 5.32 Å². The number of amides is 1. The van der Waals surface area contributed by atoms with Crippen LogP contribution in [0, 0.1) is 6.92 Å². The predicted octanol–water partition coefficient (Wildman–Crippen LogP) is 5.19. The molecule has 0 saturated carbocycles. The van der Waals surface area contributed by atoms with Gasteiger partial charge in [-0.05, 0) is 49.6 Å². The van der Waals surface area contributed by atoms with Crippen LogP contribution in [0.4, 0.5) is 0 Å². The van der Waals surface area contributed by atoms with E-state index in [4.69, 9.17) is 27.9 Å². The van der Waals surface area contributed by atoms with Crippen molar-refractivity contribution < 1.29 is 14.3 Å². The minimum absolute atomic E-state index is 0.00905. The molecule has 1 aromatic carbocycles. The molecule has 0 spiro atoms. The largest absolute Gasteiger partial charge is 0.381 e. The van der Waals surface area contributed by atoms with Gasteiger partial charge in [0, 0.05) is 52.9 Å². The first-order valence-corrected chi connectivity index (χ1v) is 10.9. The van der Waals surface area contributed by atoms with Crippen LogP contribution in [0.5, 0.6) is 0 Å². The standard InChI is InChI=1S/C21H23Cl2NO3S/c1-14-2-6-19(28-14)18(25)5-7-20(26)24-13-21(8-10-27-11-9-21)16-4-3-15(22)12-17(16)23/h2-4,6,12H,5,7-11,13H2,1H3,(H,24,26). The van der Waals surface area contributed by atoms with Gasteiger partial charge in [-0.15, -0.1) is 11.3 Å². The number of halogens is 2. The van der Waals surface area contributed by atoms with Crippen LogP contribution in [0.15, 0.2) is 30.3 Å². The quantitative estimate of drug-likeness (QED) is 0.603. The lowest BCUT2D eigenvalue weighted by atomic mass is 9.74. The first-order valence-electron chi connectivity index (χ1n) is 9.29. The van der Waals surface area contributed by atoms with E-state index in [1.165, 1.54) is 11.3 Å². The SMILES string of the molecule is Cc1ccc(C(=O)CCC(=O)NCC2(c3ccc(Cl)cc3Cl)CCOCC2)s1. The number of aryl methyl sites for hydroxylation is 1. The highest BCUT2D eigenvalue weighted by atomic mass is 35.5. The van der Waals surface area contributed by atoms with Gasteiger partial charge in [-0.1, -0.05) is 29.3 Å². The Morgan fingerprint density at radius 3 is 2.54 bits per heavy atom. The lowest BCUT2D eigenvalue weighted by Gasteiger charge is -2.38. The number of thiophene rings is 1. The summed E-state index contributed by atoms with van der Waals surface area (Å²) in [7, 11) is 0. The summed E-state index contributed by atoms with van der Waals surface area (Å²) >= 11 is 14.0. The molecule has 0 radical (unpaired) electrons. The molecule has 1 saturated heterocycles. The van der Waals surface area contributed by atoms with Crippen molar-refractivity contribution in [3.05, 3.63) is 55.7 Å². The summed E-state index contributed by atoms with van der Waals surface area (Å²) in [4.78, 5) is 26.4. The highest BCUT2D eigenvalue weighted by Crippen LogP contribution is 2.39. The summed E-state index contributed by atoms with van der Waals surface area (Å²) in [5.41, 5.74) is 0.692. The Hall–Kier alpha value is -1.40. The van der Waals surface area contributed by atoms with Gasteiger partial charge in [0.15, 0.2) is 5.78 Å². The fraction of sp³-hybridized carbons (Fsp3) is 0.429. The zero-order chi connectivity index (χ0) is 20.1. The van der Waals surface area contributed by atoms with Gasteiger partial charge in [-0.25, -0.2) is 0 Å². The number of nitrogens with one attached hydrogen (secondary N) is 1. The highest BCUT2D eigenvalue weighted by molar-refractivity contribution is 7.14. The monoisotopic (exact) mass is 439 g/mol. The second-order valence-electron chi connectivity index (χ2n) is 7.13. The Morgan fingerprint density at radius 1 is 1.14 bits per heavy atom. The zero-order valence-electron chi connectivity index (χ0n) is 15.7. The predicted molar refractivity (Wildman–Crippen MR) is 114 cm³/mol. The third-order valence-corrected chi connectivity index (χ3v) is 6.76. The number of carbonyl (C=O) groups is 2. The molecule has 7 heteroatoms. The summed E-state index contributed by atoms with van der Waals surface area (Å²) in [6.07, 6.45) is 1.92. The molecule has 2 aromatic rings. The van der Waals surface area contributed by atoms with Crippen molar-refractivity contribution in [1.29, 1.82) is 0 Å². The Bertz CT molecular complexity index is 859. The van der Waals surface area contributed by atoms with Gasteiger partial charge in [-0.3, -0.25) is 9.59 Å². The molecule has 1 aliphatic rings. The number of rotatable bonds is 7. The van der Waals surface area contributed by atoms with E-state index in [-0.39, 0.29) is 29.9 Å². The molecule has 28 heavy (non-hydrogen) atoms. The fourth-order valence-electron chi connectivity index (χ4n) is 3.51. The molecule has 1 fully saturated rings. The maximum atomic E-state index is 12.4. The zero-order valence-corrected chi connectivity index (χ0v) is 18.1. The van der Waals surface area contributed by atoms with E-state index < -0.39 is 0 Å². The Morgan fingerprint density at radius 2 is 1.89 bits per heavy atom. The molecule has 0 aliphatic carbocycles. The van der Waals surface area contributed by atoms with Crippen LogP contribution in [0.25, 0.3) is 0 Å². The molecule has 2 heterocycles. The third-order valence-electron chi connectivity index (χ3n) is 5.17. The second kappa shape index (κ2) is 9.40. The van der Waals surface area contributed by atoms with Crippen molar-refractivity contribution in [3.63, 3.8) is 0 Å². The number of Topliss-reactive ketones (excluding diaryl/α,β-unsaturated/α-hetero) is 1. The first-order chi connectivity index (χ1) is 13.4. The highest BCUT2D eigenvalue weighted by Gasteiger charge is 2.36. The Kier molecular flexibility index (Phi) is 7.15. The van der Waals surface area contributed by atoms with Crippen molar-refractivity contribution >= 4 is 46.2 Å². The van der Waals surface area contributed by atoms with Gasteiger partial charge in [0.25, 0.3) is 0 Å². The lowest BCUT2D eigenvalue weighted by Crippen LogP contribution is -2.44. The maximum Gasteiger partial charge on any atom is 0.220 e. The molecule has 1 aliphatic heterocycles. The van der Waals surface area contributed by atoms with Gasteiger partial charge in [0.2, 0.25) is 5.91 Å². The molecule has 1 N–H and O–H groups in total. The van der Waals surface area contributed by atoms with E-state index in [9.17, 15) is 9.59 Å². The third kappa shape index (κ3) is 5.15. The van der Waals surface area contributed by atoms with Crippen molar-refractivity contribution in [3.8, 4) is 0 Å². The van der Waals surface area contributed by atoms with Crippen LogP contribution in [-0.2, 0) is 14.9 Å². The normalized spacial score (nSPS) is 16.0. The van der Waals surface area contributed by atoms with E-state index >= 15 is 0 Å². The number of ketones is 1. The molecule has 150 valence electrons. The maximum absolute atomic E-state index is 12.4. The number of hydrogen-bond donors (Lipinski definition) is 1. The molecule has 0 unspecified atom stereocenters. The van der Waals surface area contributed by atoms with Crippen molar-refractivity contribution in [2.75, 3.05) is 19.8 Å². The Labute approximate surface area is 179 Å². The summed E-state index contributed by atoms with van der Waals surface area (Å²) in [5, 5.41) is 4.20. The first kappa shape index (κ1) is 21.3. The van der Waals surface area contributed by atoms with Crippen LogP contribution in [-0.4, -0.2) is 31.4 Å². The van der Waals surface area contributed by atoms with Crippen LogP contribution in [0.2, 0.25) is 10.0 Å². The number of benzene rings is 1. The average Bonchev–Trinajstić information content (AvgIpc) is 3.11. The lowest BCUT2D eigenvalue weighted by molar-refractivity contribution is -0.121. The van der Waals surface area contributed by atoms with Gasteiger partial charge in [0.05, 0.1) is 4.88 Å². The summed E-state index contributed by atoms with van der Waals surface area (Å²) in [6.45, 7) is 3.66. The summed E-state index contributed by atoms with van der Waals surface area (Å²) < 4.78 is 5.52. The number of carbonyl (C=O) groups excluding carboxylic acids is 2. The smallest absolute Gasteiger partial charge is 0.220 e. The molecular weight excluding hydrogens is 417 g/mol. The van der Waals surface area contributed by atoms with Gasteiger partial charge in [-0.2, -0.15) is 0 Å².